The van der Waals surface area contributed by atoms with Gasteiger partial charge >= 0.3 is 24.1 Å². The van der Waals surface area contributed by atoms with Crippen LogP contribution in [0, 0.1) is 0 Å². The summed E-state index contributed by atoms with van der Waals surface area (Å²) in [7, 11) is 0. The van der Waals surface area contributed by atoms with E-state index in [4.69, 9.17) is 18.9 Å². The Morgan fingerprint density at radius 1 is 0.577 bits per heavy atom. The smallest absolute Gasteiger partial charge is 0.410 e. The first-order valence-electron chi connectivity index (χ1n) is 18.2. The summed E-state index contributed by atoms with van der Waals surface area (Å²) in [6.45, 7) is 10.5. The van der Waals surface area contributed by atoms with E-state index in [9.17, 15) is 28.8 Å². The number of hydrogen-bond donors (Lipinski definition) is 0. The van der Waals surface area contributed by atoms with Crippen LogP contribution in [0.1, 0.15) is 135 Å². The molecule has 5 aliphatic rings. The van der Waals surface area contributed by atoms with Gasteiger partial charge in [0.15, 0.2) is 24.8 Å². The summed E-state index contributed by atoms with van der Waals surface area (Å²) in [6.07, 6.45) is 2.95. The number of ketones is 2. The molecule has 52 heavy (non-hydrogen) atoms. The van der Waals surface area contributed by atoms with Crippen molar-refractivity contribution in [1.82, 2.24) is 9.80 Å². The van der Waals surface area contributed by atoms with Crippen LogP contribution in [0.2, 0.25) is 0 Å². The van der Waals surface area contributed by atoms with Crippen molar-refractivity contribution in [1.29, 1.82) is 0 Å². The lowest BCUT2D eigenvalue weighted by atomic mass is 9.63. The number of ether oxygens (including phenoxy) is 4. The van der Waals surface area contributed by atoms with Gasteiger partial charge in [0.2, 0.25) is 0 Å². The lowest BCUT2D eigenvalue weighted by Crippen LogP contribution is -2.44. The molecule has 2 heterocycles. The van der Waals surface area contributed by atoms with Gasteiger partial charge in [-0.3, -0.25) is 19.4 Å². The number of Topliss-reactive ketones (excluding diaryl/α,β-unsaturated/α-hetero) is 2. The molecule has 2 unspecified atom stereocenters. The maximum atomic E-state index is 13.1. The van der Waals surface area contributed by atoms with Crippen molar-refractivity contribution in [3.8, 4) is 0 Å². The van der Waals surface area contributed by atoms with E-state index in [0.717, 1.165) is 35.1 Å². The minimum Gasteiger partial charge on any atom is -0.454 e. The van der Waals surface area contributed by atoms with Crippen molar-refractivity contribution in [2.24, 2.45) is 0 Å². The summed E-state index contributed by atoms with van der Waals surface area (Å²) >= 11 is 0. The normalized spacial score (nSPS) is 22.0. The van der Waals surface area contributed by atoms with Crippen molar-refractivity contribution in [3.63, 3.8) is 0 Å². The zero-order chi connectivity index (χ0) is 37.5. The largest absolute Gasteiger partial charge is 0.454 e. The third-order valence-electron chi connectivity index (χ3n) is 10.1. The quantitative estimate of drug-likeness (QED) is 0.225. The van der Waals surface area contributed by atoms with E-state index in [0.29, 0.717) is 49.9 Å². The Morgan fingerprint density at radius 2 is 0.962 bits per heavy atom. The maximum absolute atomic E-state index is 13.1. The van der Waals surface area contributed by atoms with Crippen LogP contribution in [0.25, 0.3) is 0 Å². The first-order chi connectivity index (χ1) is 24.5. The van der Waals surface area contributed by atoms with Crippen LogP contribution in [-0.2, 0) is 28.5 Å². The van der Waals surface area contributed by atoms with Crippen LogP contribution < -0.4 is 0 Å². The van der Waals surface area contributed by atoms with Crippen LogP contribution in [0.15, 0.2) is 36.4 Å². The first kappa shape index (κ1) is 37.0. The Kier molecular flexibility index (Phi) is 10.2. The number of likely N-dealkylation sites (tertiary alicyclic amines) is 2. The number of nitrogens with zero attached hydrogens (tertiary/aromatic N) is 2. The van der Waals surface area contributed by atoms with Crippen LogP contribution in [-0.4, -0.2) is 95.1 Å². The summed E-state index contributed by atoms with van der Waals surface area (Å²) in [6, 6.07) is 9.51. The average Bonchev–Trinajstić information content (AvgIpc) is 3.79. The van der Waals surface area contributed by atoms with E-state index in [-0.39, 0.29) is 23.4 Å². The number of esters is 2. The van der Waals surface area contributed by atoms with E-state index in [1.165, 1.54) is 9.80 Å². The van der Waals surface area contributed by atoms with Crippen LogP contribution >= 0.6 is 0 Å². The molecule has 2 bridgehead atoms. The van der Waals surface area contributed by atoms with Crippen molar-refractivity contribution in [2.75, 3.05) is 26.3 Å². The molecule has 0 saturated carbocycles. The highest BCUT2D eigenvalue weighted by Gasteiger charge is 2.40. The van der Waals surface area contributed by atoms with Crippen molar-refractivity contribution in [2.45, 2.75) is 115 Å². The zero-order valence-corrected chi connectivity index (χ0v) is 30.8. The number of rotatable bonds is 8. The Hall–Kier alpha value is -4.74. The summed E-state index contributed by atoms with van der Waals surface area (Å²) in [5.74, 6) is -1.89. The molecule has 7 rings (SSSR count). The molecule has 2 aromatic rings. The maximum Gasteiger partial charge on any atom is 0.410 e. The zero-order valence-electron chi connectivity index (χ0n) is 30.8. The van der Waals surface area contributed by atoms with Gasteiger partial charge in [0.25, 0.3) is 0 Å². The minimum atomic E-state index is -0.692. The SMILES string of the molecule is CC(C)(C)OC(=O)N1CCC[C@H]1C(=O)COC(=O)c1ccc2c(c1)C1CCC2c2cc(C(=O)OCC(=O)[C@@H]3CCCN3C(=O)OC(C)(C)C)ccc21. The molecule has 278 valence electrons. The average molecular weight is 717 g/mol. The number of hydrogen-bond acceptors (Lipinski definition) is 10. The minimum absolute atomic E-state index is 0.0121. The summed E-state index contributed by atoms with van der Waals surface area (Å²) in [5, 5.41) is 0. The molecule has 3 aliphatic carbocycles. The Bertz CT molecular complexity index is 1660. The number of benzene rings is 2. The van der Waals surface area contributed by atoms with Crippen LogP contribution in [0.4, 0.5) is 9.59 Å². The van der Waals surface area contributed by atoms with Crippen molar-refractivity contribution >= 4 is 35.7 Å². The highest BCUT2D eigenvalue weighted by atomic mass is 16.6. The van der Waals surface area contributed by atoms with E-state index in [2.05, 4.69) is 0 Å². The molecule has 2 saturated heterocycles. The molecule has 12 nitrogen and oxygen atoms in total. The van der Waals surface area contributed by atoms with Gasteiger partial charge in [0.05, 0.1) is 23.2 Å². The fourth-order valence-corrected chi connectivity index (χ4v) is 7.85. The number of amides is 2. The second-order valence-corrected chi connectivity index (χ2v) is 16.1. The Balaban J connectivity index is 1.07. The monoisotopic (exact) mass is 716 g/mol. The standard InChI is InChI=1S/C40H48N2O10/c1-39(2,3)51-37(47)41-17-7-9-31(41)33(43)21-49-35(45)23-11-13-25-28-16-15-27(29(25)19-23)26-14-12-24(20-30(26)28)36(46)50-22-34(44)32-10-8-18-42(32)38(48)52-40(4,5)6/h11-14,19-20,27-28,31-32H,7-10,15-18,21-22H2,1-6H3/t27?,28?,31-,32-/m0/s1. The molecule has 2 aliphatic heterocycles. The van der Waals surface area contributed by atoms with Gasteiger partial charge in [0, 0.05) is 24.9 Å². The highest BCUT2D eigenvalue weighted by molar-refractivity contribution is 5.95. The van der Waals surface area contributed by atoms with E-state index in [1.807, 2.05) is 24.3 Å². The number of fused-ring (bicyclic) bond motifs is 1. The van der Waals surface area contributed by atoms with Gasteiger partial charge < -0.3 is 18.9 Å². The summed E-state index contributed by atoms with van der Waals surface area (Å²) in [4.78, 5) is 80.4. The van der Waals surface area contributed by atoms with Crippen LogP contribution in [0.5, 0.6) is 0 Å². The van der Waals surface area contributed by atoms with Gasteiger partial charge in [-0.05, 0) is 127 Å². The first-order valence-corrected chi connectivity index (χ1v) is 18.2. The molecule has 0 N–H and O–H groups in total. The molecule has 12 heteroatoms. The summed E-state index contributed by atoms with van der Waals surface area (Å²) in [5.41, 5.74) is 3.48. The summed E-state index contributed by atoms with van der Waals surface area (Å²) < 4.78 is 21.8. The molecule has 0 spiro atoms. The van der Waals surface area contributed by atoms with E-state index in [1.54, 1.807) is 53.7 Å². The van der Waals surface area contributed by atoms with Gasteiger partial charge in [0.1, 0.15) is 11.2 Å². The number of carbonyl (C=O) groups excluding carboxylic acids is 6. The van der Waals surface area contributed by atoms with Gasteiger partial charge in [-0.15, -0.1) is 0 Å². The Labute approximate surface area is 304 Å². The molecule has 4 atom stereocenters. The van der Waals surface area contributed by atoms with Gasteiger partial charge in [-0.2, -0.15) is 0 Å². The number of carbonyl (C=O) groups is 6. The second-order valence-electron chi connectivity index (χ2n) is 16.1. The van der Waals surface area contributed by atoms with Crippen molar-refractivity contribution < 1.29 is 47.7 Å². The lowest BCUT2D eigenvalue weighted by Gasteiger charge is -2.40. The second kappa shape index (κ2) is 14.4. The predicted octanol–water partition coefficient (Wildman–Crippen LogP) is 6.31. The molecular weight excluding hydrogens is 668 g/mol. The Morgan fingerprint density at radius 3 is 1.33 bits per heavy atom. The highest BCUT2D eigenvalue weighted by Crippen LogP contribution is 2.53. The lowest BCUT2D eigenvalue weighted by molar-refractivity contribution is -0.126. The fraction of sp³-hybridized carbons (Fsp3) is 0.550. The van der Waals surface area contributed by atoms with E-state index < -0.39 is 60.6 Å². The molecule has 0 radical (unpaired) electrons. The molecular formula is C40H48N2O10. The topological polar surface area (TPSA) is 146 Å². The molecule has 2 amide bonds. The van der Waals surface area contributed by atoms with Crippen LogP contribution in [0.3, 0.4) is 0 Å². The third-order valence-corrected chi connectivity index (χ3v) is 10.1. The fourth-order valence-electron chi connectivity index (χ4n) is 7.85. The van der Waals surface area contributed by atoms with Gasteiger partial charge in [-0.1, -0.05) is 12.1 Å². The third kappa shape index (κ3) is 7.85. The van der Waals surface area contributed by atoms with Crippen molar-refractivity contribution in [3.05, 3.63) is 69.8 Å². The molecule has 2 aromatic carbocycles. The van der Waals surface area contributed by atoms with Gasteiger partial charge in [-0.25, -0.2) is 19.2 Å². The molecule has 2 fully saturated rings. The molecule has 0 aromatic heterocycles. The van der Waals surface area contributed by atoms with E-state index >= 15 is 0 Å². The predicted molar refractivity (Wildman–Crippen MR) is 188 cm³/mol.